The van der Waals surface area contributed by atoms with E-state index in [0.29, 0.717) is 13.0 Å². The van der Waals surface area contributed by atoms with E-state index in [9.17, 15) is 40.5 Å². The highest BCUT2D eigenvalue weighted by molar-refractivity contribution is 5.79. The van der Waals surface area contributed by atoms with Crippen molar-refractivity contribution in [3.63, 3.8) is 0 Å². The van der Waals surface area contributed by atoms with Gasteiger partial charge in [-0.05, 0) is 18.3 Å². The summed E-state index contributed by atoms with van der Waals surface area (Å²) in [4.78, 5) is 14.2. The molecule has 0 bridgehead atoms. The summed E-state index contributed by atoms with van der Waals surface area (Å²) in [6.45, 7) is -0.895. The molecule has 3 saturated heterocycles. The molecule has 10 atom stereocenters. The smallest absolute Gasteiger partial charge is 0.225 e. The standard InChI is InChI=1S/C21H35NO11/c23-7-10-13(26)14(27)17(30)20(32-10)33-18-11(8-24)31-19(16(29)15(18)28)22-9-21(6-12(22)25)4-2-1-3-5-21/h10-11,13-20,23-24,26-30H,1-9H2. The van der Waals surface area contributed by atoms with Crippen LogP contribution < -0.4 is 0 Å². The molecule has 0 aromatic carbocycles. The number of ether oxygens (including phenoxy) is 3. The Balaban J connectivity index is 1.47. The van der Waals surface area contributed by atoms with Crippen LogP contribution in [0.1, 0.15) is 38.5 Å². The van der Waals surface area contributed by atoms with Gasteiger partial charge in [0.25, 0.3) is 0 Å². The van der Waals surface area contributed by atoms with Gasteiger partial charge in [0.05, 0.1) is 13.2 Å². The first-order chi connectivity index (χ1) is 15.7. The summed E-state index contributed by atoms with van der Waals surface area (Å²) < 4.78 is 16.7. The predicted octanol–water partition coefficient (Wildman–Crippen LogP) is -3.21. The van der Waals surface area contributed by atoms with Gasteiger partial charge in [0.15, 0.2) is 12.5 Å². The monoisotopic (exact) mass is 477 g/mol. The Hall–Kier alpha value is -0.930. The average molecular weight is 478 g/mol. The highest BCUT2D eigenvalue weighted by Gasteiger charge is 2.54. The molecule has 3 heterocycles. The molecular weight excluding hydrogens is 442 g/mol. The molecule has 12 nitrogen and oxygen atoms in total. The van der Waals surface area contributed by atoms with E-state index >= 15 is 0 Å². The summed E-state index contributed by atoms with van der Waals surface area (Å²) in [5.41, 5.74) is -0.165. The molecule has 7 N–H and O–H groups in total. The van der Waals surface area contributed by atoms with Crippen LogP contribution in [0.15, 0.2) is 0 Å². The Bertz CT molecular complexity index is 685. The van der Waals surface area contributed by atoms with Crippen molar-refractivity contribution in [1.29, 1.82) is 0 Å². The minimum absolute atomic E-state index is 0.165. The van der Waals surface area contributed by atoms with Crippen molar-refractivity contribution in [3.05, 3.63) is 0 Å². The average Bonchev–Trinajstić information content (AvgIpc) is 3.12. The molecule has 0 aromatic rings. The number of aliphatic hydroxyl groups is 7. The van der Waals surface area contributed by atoms with Crippen LogP contribution in [0.3, 0.4) is 0 Å². The van der Waals surface area contributed by atoms with Crippen LogP contribution >= 0.6 is 0 Å². The molecule has 0 aromatic heterocycles. The zero-order chi connectivity index (χ0) is 23.9. The molecular formula is C21H35NO11. The SMILES string of the molecule is O=C1CC2(CCCCC2)CN1C1OC(CO)C(OC2OC(CO)C(O)C(O)C2O)C(O)C1O. The van der Waals surface area contributed by atoms with Gasteiger partial charge in [0, 0.05) is 13.0 Å². The Morgan fingerprint density at radius 1 is 0.848 bits per heavy atom. The van der Waals surface area contributed by atoms with Crippen LogP contribution in [0.25, 0.3) is 0 Å². The van der Waals surface area contributed by atoms with E-state index < -0.39 is 74.6 Å². The molecule has 3 aliphatic heterocycles. The van der Waals surface area contributed by atoms with Crippen LogP contribution in [-0.4, -0.2) is 128 Å². The van der Waals surface area contributed by atoms with E-state index in [0.717, 1.165) is 32.1 Å². The summed E-state index contributed by atoms with van der Waals surface area (Å²) in [5.74, 6) is -0.182. The molecule has 4 aliphatic rings. The molecule has 0 radical (unpaired) electrons. The van der Waals surface area contributed by atoms with Crippen LogP contribution in [-0.2, 0) is 19.0 Å². The minimum atomic E-state index is -1.73. The van der Waals surface area contributed by atoms with Crippen LogP contribution in [0.2, 0.25) is 0 Å². The summed E-state index contributed by atoms with van der Waals surface area (Å²) in [6.07, 6.45) is -9.39. The zero-order valence-electron chi connectivity index (χ0n) is 18.3. The normalized spacial score (nSPS) is 46.2. The number of hydrogen-bond acceptors (Lipinski definition) is 11. The predicted molar refractivity (Wildman–Crippen MR) is 108 cm³/mol. The second-order valence-corrected chi connectivity index (χ2v) is 9.79. The second kappa shape index (κ2) is 9.97. The topological polar surface area (TPSA) is 190 Å². The highest BCUT2D eigenvalue weighted by atomic mass is 16.7. The van der Waals surface area contributed by atoms with Crippen molar-refractivity contribution in [2.75, 3.05) is 19.8 Å². The lowest BCUT2D eigenvalue weighted by molar-refractivity contribution is -0.347. The third-order valence-electron chi connectivity index (χ3n) is 7.55. The van der Waals surface area contributed by atoms with Gasteiger partial charge in [-0.3, -0.25) is 4.79 Å². The molecule has 4 rings (SSSR count). The van der Waals surface area contributed by atoms with Crippen molar-refractivity contribution < 1.29 is 54.8 Å². The molecule has 1 aliphatic carbocycles. The summed E-state index contributed by atoms with van der Waals surface area (Å²) in [7, 11) is 0. The van der Waals surface area contributed by atoms with Gasteiger partial charge in [0.1, 0.15) is 48.8 Å². The Morgan fingerprint density at radius 3 is 2.15 bits per heavy atom. The Labute approximate surface area is 191 Å². The largest absolute Gasteiger partial charge is 0.394 e. The molecule has 1 saturated carbocycles. The van der Waals surface area contributed by atoms with E-state index in [4.69, 9.17) is 14.2 Å². The van der Waals surface area contributed by atoms with Crippen LogP contribution in [0.4, 0.5) is 0 Å². The maximum Gasteiger partial charge on any atom is 0.225 e. The number of rotatable bonds is 5. The summed E-state index contributed by atoms with van der Waals surface area (Å²) in [6, 6.07) is 0. The molecule has 4 fully saturated rings. The lowest BCUT2D eigenvalue weighted by Gasteiger charge is -2.48. The number of hydrogen-bond donors (Lipinski definition) is 7. The zero-order valence-corrected chi connectivity index (χ0v) is 18.3. The Kier molecular flexibility index (Phi) is 7.61. The molecule has 10 unspecified atom stereocenters. The maximum absolute atomic E-state index is 12.8. The number of aliphatic hydroxyl groups excluding tert-OH is 7. The second-order valence-electron chi connectivity index (χ2n) is 9.79. The Morgan fingerprint density at radius 2 is 1.52 bits per heavy atom. The van der Waals surface area contributed by atoms with Crippen molar-refractivity contribution in [1.82, 2.24) is 4.90 Å². The number of carbonyl (C=O) groups excluding carboxylic acids is 1. The fourth-order valence-corrected chi connectivity index (χ4v) is 5.62. The van der Waals surface area contributed by atoms with Crippen LogP contribution in [0, 0.1) is 5.41 Å². The lowest BCUT2D eigenvalue weighted by atomic mass is 9.73. The van der Waals surface area contributed by atoms with Gasteiger partial charge >= 0.3 is 0 Å². The van der Waals surface area contributed by atoms with Crippen molar-refractivity contribution >= 4 is 5.91 Å². The third-order valence-corrected chi connectivity index (χ3v) is 7.55. The van der Waals surface area contributed by atoms with Gasteiger partial charge in [-0.2, -0.15) is 0 Å². The first kappa shape index (κ1) is 25.2. The van der Waals surface area contributed by atoms with Crippen LogP contribution in [0.5, 0.6) is 0 Å². The number of nitrogens with zero attached hydrogens (tertiary/aromatic N) is 1. The van der Waals surface area contributed by atoms with Gasteiger partial charge in [-0.15, -0.1) is 0 Å². The number of amides is 1. The molecule has 1 amide bonds. The van der Waals surface area contributed by atoms with Crippen molar-refractivity contribution in [3.8, 4) is 0 Å². The summed E-state index contributed by atoms with van der Waals surface area (Å²) in [5, 5.41) is 71.0. The quantitative estimate of drug-likeness (QED) is 0.211. The maximum atomic E-state index is 12.8. The van der Waals surface area contributed by atoms with Gasteiger partial charge in [-0.25, -0.2) is 0 Å². The molecule has 190 valence electrons. The molecule has 12 heteroatoms. The first-order valence-electron chi connectivity index (χ1n) is 11.6. The molecule has 33 heavy (non-hydrogen) atoms. The lowest BCUT2D eigenvalue weighted by Crippen LogP contribution is -2.66. The molecule has 1 spiro atoms. The number of carbonyl (C=O) groups is 1. The van der Waals surface area contributed by atoms with Gasteiger partial charge < -0.3 is 54.9 Å². The van der Waals surface area contributed by atoms with E-state index in [1.807, 2.05) is 0 Å². The number of likely N-dealkylation sites (tertiary alicyclic amines) is 1. The van der Waals surface area contributed by atoms with E-state index in [1.165, 1.54) is 4.90 Å². The fraction of sp³-hybridized carbons (Fsp3) is 0.952. The fourth-order valence-electron chi connectivity index (χ4n) is 5.62. The van der Waals surface area contributed by atoms with Gasteiger partial charge in [-0.1, -0.05) is 19.3 Å². The van der Waals surface area contributed by atoms with Gasteiger partial charge in [0.2, 0.25) is 5.91 Å². The first-order valence-corrected chi connectivity index (χ1v) is 11.6. The van der Waals surface area contributed by atoms with Crippen molar-refractivity contribution in [2.45, 2.75) is 99.9 Å². The van der Waals surface area contributed by atoms with E-state index in [-0.39, 0.29) is 11.3 Å². The van der Waals surface area contributed by atoms with E-state index in [2.05, 4.69) is 0 Å². The van der Waals surface area contributed by atoms with E-state index in [1.54, 1.807) is 0 Å². The van der Waals surface area contributed by atoms with Crippen molar-refractivity contribution in [2.24, 2.45) is 5.41 Å². The highest BCUT2D eigenvalue weighted by Crippen LogP contribution is 2.46. The summed E-state index contributed by atoms with van der Waals surface area (Å²) >= 11 is 0. The third kappa shape index (κ3) is 4.66. The minimum Gasteiger partial charge on any atom is -0.394 e.